The molecule has 0 aromatic heterocycles. The molecule has 0 aliphatic carbocycles. The molecule has 0 rings (SSSR count). The maximum atomic E-state index is 8.40. The van der Waals surface area contributed by atoms with E-state index in [1.54, 1.807) is 0 Å². The molecule has 0 saturated heterocycles. The minimum atomic E-state index is -1.42. The Labute approximate surface area is 81.1 Å². The van der Waals surface area contributed by atoms with E-state index in [2.05, 4.69) is 0 Å². The van der Waals surface area contributed by atoms with Crippen molar-refractivity contribution in [3.05, 3.63) is 0 Å². The van der Waals surface area contributed by atoms with E-state index in [0.29, 0.717) is 0 Å². The largest absolute Gasteiger partial charge is 4.00 e. The van der Waals surface area contributed by atoms with Crippen LogP contribution in [0.2, 0.25) is 0 Å². The Morgan fingerprint density at radius 1 is 1.36 bits per heavy atom. The molecule has 1 unspecified atom stereocenters. The van der Waals surface area contributed by atoms with Gasteiger partial charge in [-0.25, -0.2) is 0 Å². The predicted octanol–water partition coefficient (Wildman–Crippen LogP) is -1.50. The number of hydrogen-bond donors (Lipinski definition) is 2. The molecule has 0 saturated carbocycles. The zero-order valence-corrected chi connectivity index (χ0v) is 8.37. The van der Waals surface area contributed by atoms with Crippen LogP contribution < -0.4 is 0 Å². The third-order valence-corrected chi connectivity index (χ3v) is 0.264. The maximum absolute atomic E-state index is 8.40. The minimum Gasteiger partial charge on any atom is -2.00 e. The number of hydrogen-bond acceptors (Lipinski definition) is 4. The van der Waals surface area contributed by atoms with E-state index < -0.39 is 15.4 Å². The topological polar surface area (TPSA) is 132 Å². The van der Waals surface area contributed by atoms with Crippen molar-refractivity contribution in [3.8, 4) is 0 Å². The summed E-state index contributed by atoms with van der Waals surface area (Å²) in [5.74, 6) is 0. The van der Waals surface area contributed by atoms with Crippen molar-refractivity contribution in [2.75, 3.05) is 6.61 Å². The van der Waals surface area contributed by atoms with Crippen LogP contribution in [0.1, 0.15) is 6.92 Å². The van der Waals surface area contributed by atoms with Gasteiger partial charge < -0.3 is 21.2 Å². The van der Waals surface area contributed by atoms with Gasteiger partial charge in [-0.1, -0.05) is 0 Å². The zero-order valence-electron chi connectivity index (χ0n) is 5.81. The van der Waals surface area contributed by atoms with Crippen LogP contribution in [0.4, 0.5) is 0 Å². The maximum Gasteiger partial charge on any atom is 4.00 e. The Bertz CT molecular complexity index is 72.2. The van der Waals surface area contributed by atoms with Crippen LogP contribution in [0.5, 0.6) is 0 Å². The number of rotatable bonds is 1. The molecule has 0 aromatic carbocycles. The summed E-state index contributed by atoms with van der Waals surface area (Å²) in [6.07, 6.45) is -0.560. The van der Waals surface area contributed by atoms with Crippen molar-refractivity contribution in [2.45, 2.75) is 13.0 Å². The average Bonchev–Trinajstić information content (AvgIpc) is 1.69. The van der Waals surface area contributed by atoms with Gasteiger partial charge in [0.05, 0.1) is 12.7 Å². The molecule has 0 amide bonds. The van der Waals surface area contributed by atoms with E-state index in [-0.39, 0.29) is 39.3 Å². The first-order valence-corrected chi connectivity index (χ1v) is 2.78. The molecule has 11 heavy (non-hydrogen) atoms. The third-order valence-electron chi connectivity index (χ3n) is 0.264. The number of aliphatic hydroxyl groups excluding tert-OH is 2. The first-order chi connectivity index (χ1) is 3.68. The first kappa shape index (κ1) is 30.1. The molecule has 0 aromatic rings. The molecule has 0 aliphatic heterocycles. The Morgan fingerprint density at radius 3 is 1.45 bits per heavy atom. The van der Waals surface area contributed by atoms with Gasteiger partial charge >= 0.3 is 31.0 Å². The molecule has 0 radical (unpaired) electrons. The normalized spacial score (nSPS) is 7.55. The van der Waals surface area contributed by atoms with Crippen LogP contribution in [-0.2, 0) is 41.6 Å². The van der Waals surface area contributed by atoms with Crippen LogP contribution in [0, 0.1) is 0 Å². The van der Waals surface area contributed by atoms with Crippen LogP contribution in [-0.4, -0.2) is 32.2 Å². The van der Waals surface area contributed by atoms with Crippen molar-refractivity contribution in [1.82, 2.24) is 0 Å². The molecule has 2 N–H and O–H groups in total. The zero-order chi connectivity index (χ0) is 6.99. The van der Waals surface area contributed by atoms with Gasteiger partial charge in [0.1, 0.15) is 0 Å². The Hall–Kier alpha value is 0.371. The standard InChI is InChI=1S/C3H8O2.O2Si.2O.Ti/c1-3(5)2-4;1-3-2;;;/h3-5H,2H2,1H3;;;;/q;;2*-2;+4. The monoisotopic (exact) mass is 216 g/mol. The summed E-state index contributed by atoms with van der Waals surface area (Å²) in [4.78, 5) is 0. The predicted molar refractivity (Wildman–Crippen MR) is 27.3 cm³/mol. The van der Waals surface area contributed by atoms with E-state index in [0.717, 1.165) is 0 Å². The fraction of sp³-hybridized carbons (Fsp3) is 1.00. The average molecular weight is 216 g/mol. The fourth-order valence-electron chi connectivity index (χ4n) is 0. The summed E-state index contributed by atoms with van der Waals surface area (Å²) in [6, 6.07) is 0. The first-order valence-electron chi connectivity index (χ1n) is 1.97. The molecule has 0 aliphatic rings. The summed E-state index contributed by atoms with van der Waals surface area (Å²) >= 11 is 0. The summed E-state index contributed by atoms with van der Waals surface area (Å²) in [6.45, 7) is 1.39. The molecule has 8 heteroatoms. The summed E-state index contributed by atoms with van der Waals surface area (Å²) in [7, 11) is -1.42. The summed E-state index contributed by atoms with van der Waals surface area (Å²) in [5.41, 5.74) is 0. The third kappa shape index (κ3) is 129. The van der Waals surface area contributed by atoms with Gasteiger partial charge in [-0.3, -0.25) is 8.92 Å². The smallest absolute Gasteiger partial charge is 2.00 e. The second-order valence-corrected chi connectivity index (χ2v) is 1.28. The minimum absolute atomic E-state index is 0. The van der Waals surface area contributed by atoms with E-state index in [1.165, 1.54) is 6.92 Å². The second kappa shape index (κ2) is 31.6. The van der Waals surface area contributed by atoms with Crippen molar-refractivity contribution < 1.29 is 51.8 Å². The van der Waals surface area contributed by atoms with E-state index in [4.69, 9.17) is 19.1 Å². The van der Waals surface area contributed by atoms with Crippen molar-refractivity contribution in [3.63, 3.8) is 0 Å². The van der Waals surface area contributed by atoms with Crippen molar-refractivity contribution >= 4 is 9.29 Å². The van der Waals surface area contributed by atoms with Gasteiger partial charge in [0.25, 0.3) is 0 Å². The Balaban J connectivity index is -0.0000000183. The number of aliphatic hydroxyl groups is 2. The van der Waals surface area contributed by atoms with E-state index in [9.17, 15) is 0 Å². The molecular formula is C3H8O6SiTi. The van der Waals surface area contributed by atoms with E-state index in [1.807, 2.05) is 0 Å². The molecule has 0 spiro atoms. The summed E-state index contributed by atoms with van der Waals surface area (Å²) < 4.78 is 16.8. The molecule has 0 heterocycles. The molecule has 1 atom stereocenters. The Morgan fingerprint density at radius 2 is 1.45 bits per heavy atom. The molecule has 6 nitrogen and oxygen atoms in total. The summed E-state index contributed by atoms with van der Waals surface area (Å²) in [5, 5.41) is 16.0. The van der Waals surface area contributed by atoms with Gasteiger partial charge in [0, 0.05) is 0 Å². The second-order valence-electron chi connectivity index (χ2n) is 1.11. The van der Waals surface area contributed by atoms with Crippen molar-refractivity contribution in [2.24, 2.45) is 0 Å². The SMILES string of the molecule is CC(O)CO.O=[Si]=O.[O-2].[O-2].[Ti+4]. The van der Waals surface area contributed by atoms with Crippen LogP contribution in [0.25, 0.3) is 0 Å². The van der Waals surface area contributed by atoms with Crippen LogP contribution in [0.15, 0.2) is 0 Å². The van der Waals surface area contributed by atoms with Crippen molar-refractivity contribution in [1.29, 1.82) is 0 Å². The molecule has 64 valence electrons. The van der Waals surface area contributed by atoms with Gasteiger partial charge in [0.15, 0.2) is 0 Å². The van der Waals surface area contributed by atoms with E-state index >= 15 is 0 Å². The molecule has 0 bridgehead atoms. The van der Waals surface area contributed by atoms with Gasteiger partial charge in [0.2, 0.25) is 0 Å². The van der Waals surface area contributed by atoms with Crippen LogP contribution >= 0.6 is 0 Å². The quantitative estimate of drug-likeness (QED) is 0.516. The van der Waals surface area contributed by atoms with Crippen LogP contribution in [0.3, 0.4) is 0 Å². The van der Waals surface area contributed by atoms with Gasteiger partial charge in [-0.2, -0.15) is 0 Å². The Kier molecular flexibility index (Phi) is 86.5. The molecule has 0 fully saturated rings. The fourth-order valence-corrected chi connectivity index (χ4v) is 0. The van der Waals surface area contributed by atoms with Gasteiger partial charge in [-0.05, 0) is 6.92 Å². The molecular weight excluding hydrogens is 208 g/mol. The van der Waals surface area contributed by atoms with Gasteiger partial charge in [-0.15, -0.1) is 0 Å².